The Balaban J connectivity index is 1.56. The summed E-state index contributed by atoms with van der Waals surface area (Å²) in [6.45, 7) is 0. The second kappa shape index (κ2) is 6.37. The first-order valence-corrected chi connectivity index (χ1v) is 9.52. The molecule has 0 amide bonds. The summed E-state index contributed by atoms with van der Waals surface area (Å²) in [5.74, 6) is 1.32. The van der Waals surface area contributed by atoms with Gasteiger partial charge in [-0.05, 0) is 29.8 Å². The highest BCUT2D eigenvalue weighted by molar-refractivity contribution is 7.16. The number of benzene rings is 2. The minimum absolute atomic E-state index is 0.580. The molecular weight excluding hydrogens is 382 g/mol. The van der Waals surface area contributed by atoms with Gasteiger partial charge in [-0.25, -0.2) is 0 Å². The summed E-state index contributed by atoms with van der Waals surface area (Å²) in [5.41, 5.74) is 3.07. The standard InChI is InChI=1S/C19H14ClN5OS/c1-26-12-6-7-15(20)14(9-12)18-22-23-19-25(18)24-17(27-19)8-11-10-21-16-5-3-2-4-13(11)16/h2-7,9-10,21H,8H2,1H3. The highest BCUT2D eigenvalue weighted by Crippen LogP contribution is 2.32. The second-order valence-corrected chi connectivity index (χ2v) is 7.54. The van der Waals surface area contributed by atoms with Crippen molar-refractivity contribution in [2.24, 2.45) is 0 Å². The van der Waals surface area contributed by atoms with E-state index in [9.17, 15) is 0 Å². The molecule has 0 radical (unpaired) electrons. The molecule has 0 aliphatic heterocycles. The maximum absolute atomic E-state index is 6.37. The Morgan fingerprint density at radius 1 is 1.19 bits per heavy atom. The monoisotopic (exact) mass is 395 g/mol. The molecule has 2 aromatic carbocycles. The Morgan fingerprint density at radius 2 is 2.07 bits per heavy atom. The lowest BCUT2D eigenvalue weighted by molar-refractivity contribution is 0.415. The van der Waals surface area contributed by atoms with E-state index in [1.165, 1.54) is 22.3 Å². The number of fused-ring (bicyclic) bond motifs is 2. The molecule has 0 atom stereocenters. The smallest absolute Gasteiger partial charge is 0.234 e. The largest absolute Gasteiger partial charge is 0.497 e. The van der Waals surface area contributed by atoms with Crippen LogP contribution in [0, 0.1) is 0 Å². The van der Waals surface area contributed by atoms with Crippen LogP contribution in [0.1, 0.15) is 10.6 Å². The minimum atomic E-state index is 0.580. The zero-order valence-electron chi connectivity index (χ0n) is 14.3. The highest BCUT2D eigenvalue weighted by atomic mass is 35.5. The van der Waals surface area contributed by atoms with E-state index in [0.717, 1.165) is 27.5 Å². The lowest BCUT2D eigenvalue weighted by atomic mass is 10.1. The highest BCUT2D eigenvalue weighted by Gasteiger charge is 2.17. The normalized spacial score (nSPS) is 11.5. The fraction of sp³-hybridized carbons (Fsp3) is 0.105. The first-order valence-electron chi connectivity index (χ1n) is 8.33. The summed E-state index contributed by atoms with van der Waals surface area (Å²) >= 11 is 7.89. The third kappa shape index (κ3) is 2.75. The molecule has 5 aromatic rings. The second-order valence-electron chi connectivity index (χ2n) is 6.10. The average Bonchev–Trinajstić information content (AvgIpc) is 3.37. The Kier molecular flexibility index (Phi) is 3.84. The molecule has 0 aliphatic carbocycles. The van der Waals surface area contributed by atoms with Gasteiger partial charge in [0.1, 0.15) is 10.8 Å². The number of hydrogen-bond acceptors (Lipinski definition) is 5. The molecule has 0 bridgehead atoms. The first kappa shape index (κ1) is 16.3. The van der Waals surface area contributed by atoms with Crippen LogP contribution in [0.5, 0.6) is 5.75 Å². The molecule has 5 rings (SSSR count). The topological polar surface area (TPSA) is 68.1 Å². The summed E-state index contributed by atoms with van der Waals surface area (Å²) < 4.78 is 7.04. The molecule has 0 aliphatic rings. The van der Waals surface area contributed by atoms with Crippen molar-refractivity contribution in [3.05, 3.63) is 64.3 Å². The van der Waals surface area contributed by atoms with Crippen molar-refractivity contribution in [1.29, 1.82) is 0 Å². The molecular formula is C19H14ClN5OS. The van der Waals surface area contributed by atoms with Crippen molar-refractivity contribution in [1.82, 2.24) is 24.8 Å². The average molecular weight is 396 g/mol. The van der Waals surface area contributed by atoms with Crippen LogP contribution >= 0.6 is 22.9 Å². The number of rotatable bonds is 4. The van der Waals surface area contributed by atoms with Gasteiger partial charge in [-0.2, -0.15) is 9.61 Å². The van der Waals surface area contributed by atoms with Gasteiger partial charge in [0.25, 0.3) is 0 Å². The predicted octanol–water partition coefficient (Wildman–Crippen LogP) is 4.59. The Bertz CT molecular complexity index is 1270. The molecule has 0 saturated heterocycles. The molecule has 8 heteroatoms. The number of methoxy groups -OCH3 is 1. The maximum Gasteiger partial charge on any atom is 0.234 e. The summed E-state index contributed by atoms with van der Waals surface area (Å²) in [4.78, 5) is 4.04. The molecule has 0 saturated carbocycles. The van der Waals surface area contributed by atoms with E-state index in [-0.39, 0.29) is 0 Å². The number of halogens is 1. The van der Waals surface area contributed by atoms with E-state index in [1.807, 2.05) is 30.5 Å². The molecule has 3 aromatic heterocycles. The number of ether oxygens (including phenoxy) is 1. The predicted molar refractivity (Wildman–Crippen MR) is 107 cm³/mol. The molecule has 6 nitrogen and oxygen atoms in total. The number of hydrogen-bond donors (Lipinski definition) is 1. The van der Waals surface area contributed by atoms with Crippen molar-refractivity contribution in [2.45, 2.75) is 6.42 Å². The van der Waals surface area contributed by atoms with E-state index in [0.29, 0.717) is 16.6 Å². The quantitative estimate of drug-likeness (QED) is 0.483. The van der Waals surface area contributed by atoms with Crippen LogP contribution in [-0.4, -0.2) is 31.9 Å². The van der Waals surface area contributed by atoms with Gasteiger partial charge in [-0.15, -0.1) is 10.2 Å². The number of aromatic nitrogens is 5. The zero-order chi connectivity index (χ0) is 18.4. The van der Waals surface area contributed by atoms with Crippen LogP contribution in [0.3, 0.4) is 0 Å². The summed E-state index contributed by atoms with van der Waals surface area (Å²) in [5, 5.41) is 16.0. The summed E-state index contributed by atoms with van der Waals surface area (Å²) in [7, 11) is 1.62. The third-order valence-electron chi connectivity index (χ3n) is 4.46. The maximum atomic E-state index is 6.37. The lowest BCUT2D eigenvalue weighted by Gasteiger charge is -2.04. The Morgan fingerprint density at radius 3 is 2.96 bits per heavy atom. The van der Waals surface area contributed by atoms with Crippen molar-refractivity contribution in [3.8, 4) is 17.1 Å². The number of nitrogens with zero attached hydrogens (tertiary/aromatic N) is 4. The Hall–Kier alpha value is -2.90. The zero-order valence-corrected chi connectivity index (χ0v) is 15.9. The van der Waals surface area contributed by atoms with Crippen LogP contribution in [0.2, 0.25) is 5.02 Å². The molecule has 1 N–H and O–H groups in total. The van der Waals surface area contributed by atoms with E-state index in [2.05, 4.69) is 27.3 Å². The van der Waals surface area contributed by atoms with Gasteiger partial charge in [-0.3, -0.25) is 0 Å². The minimum Gasteiger partial charge on any atom is -0.497 e. The number of H-pyrrole nitrogens is 1. The first-order chi connectivity index (χ1) is 13.2. The summed E-state index contributed by atoms with van der Waals surface area (Å²) in [6.07, 6.45) is 2.76. The number of nitrogens with one attached hydrogen (secondary N) is 1. The SMILES string of the molecule is COc1ccc(Cl)c(-c2nnc3sc(Cc4c[nH]c5ccccc45)nn23)c1. The van der Waals surface area contributed by atoms with Gasteiger partial charge >= 0.3 is 0 Å². The van der Waals surface area contributed by atoms with Gasteiger partial charge in [0.2, 0.25) is 4.96 Å². The molecule has 27 heavy (non-hydrogen) atoms. The fourth-order valence-electron chi connectivity index (χ4n) is 3.14. The van der Waals surface area contributed by atoms with Crippen molar-refractivity contribution in [2.75, 3.05) is 7.11 Å². The van der Waals surface area contributed by atoms with Crippen LogP contribution in [0.4, 0.5) is 0 Å². The molecule has 0 spiro atoms. The van der Waals surface area contributed by atoms with Crippen molar-refractivity contribution in [3.63, 3.8) is 0 Å². The third-order valence-corrected chi connectivity index (χ3v) is 5.69. The van der Waals surface area contributed by atoms with Gasteiger partial charge in [-0.1, -0.05) is 41.1 Å². The number of para-hydroxylation sites is 1. The van der Waals surface area contributed by atoms with E-state index < -0.39 is 0 Å². The van der Waals surface area contributed by atoms with E-state index in [4.69, 9.17) is 21.4 Å². The molecule has 0 fully saturated rings. The van der Waals surface area contributed by atoms with Gasteiger partial charge in [0, 0.05) is 29.1 Å². The number of aromatic amines is 1. The van der Waals surface area contributed by atoms with E-state index >= 15 is 0 Å². The van der Waals surface area contributed by atoms with Crippen LogP contribution in [0.25, 0.3) is 27.3 Å². The van der Waals surface area contributed by atoms with Crippen LogP contribution in [-0.2, 0) is 6.42 Å². The fourth-order valence-corrected chi connectivity index (χ4v) is 4.20. The van der Waals surface area contributed by atoms with Crippen LogP contribution < -0.4 is 4.74 Å². The van der Waals surface area contributed by atoms with Gasteiger partial charge in [0.05, 0.1) is 12.1 Å². The van der Waals surface area contributed by atoms with Crippen molar-refractivity contribution >= 4 is 38.8 Å². The van der Waals surface area contributed by atoms with Crippen molar-refractivity contribution < 1.29 is 4.74 Å². The molecule has 0 unspecified atom stereocenters. The van der Waals surface area contributed by atoms with Gasteiger partial charge in [0.15, 0.2) is 5.82 Å². The molecule has 134 valence electrons. The molecule has 3 heterocycles. The summed E-state index contributed by atoms with van der Waals surface area (Å²) in [6, 6.07) is 13.7. The van der Waals surface area contributed by atoms with Gasteiger partial charge < -0.3 is 9.72 Å². The van der Waals surface area contributed by atoms with E-state index in [1.54, 1.807) is 17.7 Å². The Labute approximate surface area is 163 Å². The lowest BCUT2D eigenvalue weighted by Crippen LogP contribution is -1.94. The van der Waals surface area contributed by atoms with Crippen LogP contribution in [0.15, 0.2) is 48.7 Å².